The van der Waals surface area contributed by atoms with E-state index in [1.54, 1.807) is 42.9 Å². The lowest BCUT2D eigenvalue weighted by Crippen LogP contribution is -2.38. The van der Waals surface area contributed by atoms with Crippen LogP contribution in [0.4, 0.5) is 10.2 Å². The number of ether oxygens (including phenoxy) is 2. The molecule has 1 aromatic carbocycles. The quantitative estimate of drug-likeness (QED) is 0.560. The molecule has 0 spiro atoms. The van der Waals surface area contributed by atoms with E-state index in [1.807, 2.05) is 4.90 Å². The Labute approximate surface area is 202 Å². The largest absolute Gasteiger partial charge is 0.497 e. The Morgan fingerprint density at radius 3 is 2.69 bits per heavy atom. The van der Waals surface area contributed by atoms with Crippen LogP contribution in [-0.4, -0.2) is 48.4 Å². The van der Waals surface area contributed by atoms with Crippen molar-refractivity contribution in [3.05, 3.63) is 58.1 Å². The van der Waals surface area contributed by atoms with E-state index in [0.29, 0.717) is 36.4 Å². The number of benzene rings is 1. The van der Waals surface area contributed by atoms with Gasteiger partial charge in [-0.3, -0.25) is 4.79 Å². The number of pyridine rings is 2. The maximum atomic E-state index is 15.4. The number of aromatic nitrogens is 2. The van der Waals surface area contributed by atoms with E-state index in [1.165, 1.54) is 12.3 Å². The lowest BCUT2D eigenvalue weighted by molar-refractivity contribution is 0.0524. The number of nitrogens with two attached hydrogens (primary N) is 1. The topological polar surface area (TPSA) is 99.7 Å². The van der Waals surface area contributed by atoms with E-state index in [9.17, 15) is 9.59 Å². The lowest BCUT2D eigenvalue weighted by atomic mass is 9.78. The summed E-state index contributed by atoms with van der Waals surface area (Å²) < 4.78 is 27.4. The Morgan fingerprint density at radius 2 is 2.00 bits per heavy atom. The van der Waals surface area contributed by atoms with Crippen LogP contribution in [-0.2, 0) is 4.74 Å². The molecule has 8 nitrogen and oxygen atoms in total. The Bertz CT molecular complexity index is 1320. The molecule has 2 fully saturated rings. The van der Waals surface area contributed by atoms with Gasteiger partial charge in [0.2, 0.25) is 5.43 Å². The first-order chi connectivity index (χ1) is 16.9. The first-order valence-corrected chi connectivity index (χ1v) is 12.0. The van der Waals surface area contributed by atoms with Crippen LogP contribution in [0.3, 0.4) is 0 Å². The van der Waals surface area contributed by atoms with Crippen LogP contribution in [0.1, 0.15) is 36.5 Å². The molecular weight excluding hydrogens is 451 g/mol. The molecule has 0 radical (unpaired) electrons. The van der Waals surface area contributed by atoms with E-state index < -0.39 is 17.2 Å². The van der Waals surface area contributed by atoms with Crippen molar-refractivity contribution >= 4 is 22.8 Å². The van der Waals surface area contributed by atoms with Crippen LogP contribution in [0.25, 0.3) is 16.7 Å². The summed E-state index contributed by atoms with van der Waals surface area (Å²) in [7, 11) is 1.57. The van der Waals surface area contributed by atoms with Gasteiger partial charge >= 0.3 is 5.97 Å². The highest BCUT2D eigenvalue weighted by Gasteiger charge is 2.40. The Hall–Kier alpha value is -3.46. The van der Waals surface area contributed by atoms with Gasteiger partial charge in [0.05, 0.1) is 19.1 Å². The first kappa shape index (κ1) is 23.3. The van der Waals surface area contributed by atoms with E-state index in [-0.39, 0.29) is 35.1 Å². The standard InChI is InChI=1S/C26H29FN4O4/c1-3-35-26(33)20-14-31(16-7-9-17(34-2)10-8-16)24-18(23(20)32)11-21(27)25(29-24)30-12-15-5-4-6-22(28)19(15)13-30/h7-11,14-15,19,22H,3-6,12-13,28H2,1-2H3/t15-,19+,22-/m1/s1. The summed E-state index contributed by atoms with van der Waals surface area (Å²) in [5, 5.41) is 0.0148. The number of fused-ring (bicyclic) bond motifs is 2. The predicted octanol–water partition coefficient (Wildman–Crippen LogP) is 3.27. The summed E-state index contributed by atoms with van der Waals surface area (Å²) in [6, 6.07) is 8.38. The number of hydrogen-bond donors (Lipinski definition) is 1. The minimum Gasteiger partial charge on any atom is -0.497 e. The molecule has 9 heteroatoms. The van der Waals surface area contributed by atoms with E-state index in [0.717, 1.165) is 19.3 Å². The second kappa shape index (κ2) is 9.30. The molecule has 3 atom stereocenters. The van der Waals surface area contributed by atoms with Gasteiger partial charge in [0.15, 0.2) is 17.3 Å². The molecule has 35 heavy (non-hydrogen) atoms. The molecule has 0 bridgehead atoms. The molecule has 3 heterocycles. The SMILES string of the molecule is CCOC(=O)c1cn(-c2ccc(OC)cc2)c2nc(N3C[C@H]4CCC[C@@H](N)[C@H]4C3)c(F)cc2c1=O. The fourth-order valence-electron chi connectivity index (χ4n) is 5.42. The Kier molecular flexibility index (Phi) is 6.19. The van der Waals surface area contributed by atoms with Crippen molar-refractivity contribution in [2.24, 2.45) is 17.6 Å². The molecule has 1 aliphatic heterocycles. The Morgan fingerprint density at radius 1 is 1.23 bits per heavy atom. The van der Waals surface area contributed by atoms with Gasteiger partial charge < -0.3 is 24.7 Å². The van der Waals surface area contributed by atoms with Gasteiger partial charge in [-0.1, -0.05) is 6.42 Å². The average Bonchev–Trinajstić information content (AvgIpc) is 3.30. The van der Waals surface area contributed by atoms with Crippen LogP contribution in [0.15, 0.2) is 41.3 Å². The van der Waals surface area contributed by atoms with Crippen molar-refractivity contribution in [3.8, 4) is 11.4 Å². The first-order valence-electron chi connectivity index (χ1n) is 12.0. The summed E-state index contributed by atoms with van der Waals surface area (Å²) >= 11 is 0. The molecule has 3 aromatic rings. The molecular formula is C26H29FN4O4. The van der Waals surface area contributed by atoms with E-state index in [4.69, 9.17) is 15.2 Å². The molecule has 1 saturated heterocycles. The fourth-order valence-corrected chi connectivity index (χ4v) is 5.42. The van der Waals surface area contributed by atoms with Crippen LogP contribution in [0, 0.1) is 17.7 Å². The summed E-state index contributed by atoms with van der Waals surface area (Å²) in [6.07, 6.45) is 4.55. The van der Waals surface area contributed by atoms with Crippen molar-refractivity contribution in [1.29, 1.82) is 0 Å². The van der Waals surface area contributed by atoms with Crippen molar-refractivity contribution in [2.45, 2.75) is 32.2 Å². The molecule has 1 saturated carbocycles. The summed E-state index contributed by atoms with van der Waals surface area (Å²) in [5.74, 6) is 0.208. The Balaban J connectivity index is 1.67. The van der Waals surface area contributed by atoms with Gasteiger partial charge in [-0.05, 0) is 61.9 Å². The third-order valence-electron chi connectivity index (χ3n) is 7.21. The second-order valence-electron chi connectivity index (χ2n) is 9.25. The zero-order valence-corrected chi connectivity index (χ0v) is 19.9. The highest BCUT2D eigenvalue weighted by Crippen LogP contribution is 2.38. The normalized spacial score (nSPS) is 21.7. The molecule has 0 unspecified atom stereocenters. The summed E-state index contributed by atoms with van der Waals surface area (Å²) in [5.41, 5.74) is 6.48. The van der Waals surface area contributed by atoms with Gasteiger partial charge in [0, 0.05) is 31.0 Å². The number of rotatable bonds is 5. The van der Waals surface area contributed by atoms with Crippen molar-refractivity contribution in [2.75, 3.05) is 31.7 Å². The highest BCUT2D eigenvalue weighted by molar-refractivity contribution is 5.94. The van der Waals surface area contributed by atoms with Crippen LogP contribution < -0.4 is 20.8 Å². The maximum absolute atomic E-state index is 15.4. The van der Waals surface area contributed by atoms with Crippen molar-refractivity contribution in [1.82, 2.24) is 9.55 Å². The van der Waals surface area contributed by atoms with E-state index >= 15 is 4.39 Å². The fraction of sp³-hybridized carbons (Fsp3) is 0.423. The van der Waals surface area contributed by atoms with Crippen LogP contribution in [0.5, 0.6) is 5.75 Å². The maximum Gasteiger partial charge on any atom is 0.343 e. The van der Waals surface area contributed by atoms with Crippen molar-refractivity contribution in [3.63, 3.8) is 0 Å². The van der Waals surface area contributed by atoms with Gasteiger partial charge in [-0.25, -0.2) is 14.2 Å². The number of esters is 1. The number of hydrogen-bond acceptors (Lipinski definition) is 7. The molecule has 1 aliphatic carbocycles. The number of nitrogens with zero attached hydrogens (tertiary/aromatic N) is 3. The van der Waals surface area contributed by atoms with Crippen LogP contribution >= 0.6 is 0 Å². The number of carbonyl (C=O) groups excluding carboxylic acids is 1. The zero-order chi connectivity index (χ0) is 24.7. The van der Waals surface area contributed by atoms with Gasteiger partial charge in [0.1, 0.15) is 11.3 Å². The third-order valence-corrected chi connectivity index (χ3v) is 7.21. The van der Waals surface area contributed by atoms with Gasteiger partial charge in [-0.2, -0.15) is 0 Å². The molecule has 184 valence electrons. The molecule has 2 aromatic heterocycles. The highest BCUT2D eigenvalue weighted by atomic mass is 19.1. The zero-order valence-electron chi connectivity index (χ0n) is 19.9. The number of carbonyl (C=O) groups is 1. The smallest absolute Gasteiger partial charge is 0.343 e. The lowest BCUT2D eigenvalue weighted by Gasteiger charge is -2.29. The number of halogens is 1. The minimum absolute atomic E-state index is 0.0148. The molecule has 2 N–H and O–H groups in total. The molecule has 5 rings (SSSR count). The molecule has 2 aliphatic rings. The van der Waals surface area contributed by atoms with Crippen LogP contribution in [0.2, 0.25) is 0 Å². The van der Waals surface area contributed by atoms with Gasteiger partial charge in [-0.15, -0.1) is 0 Å². The number of anilines is 1. The monoisotopic (exact) mass is 480 g/mol. The summed E-state index contributed by atoms with van der Waals surface area (Å²) in [4.78, 5) is 32.3. The van der Waals surface area contributed by atoms with Gasteiger partial charge in [0.25, 0.3) is 0 Å². The van der Waals surface area contributed by atoms with Crippen molar-refractivity contribution < 1.29 is 18.7 Å². The molecule has 0 amide bonds. The minimum atomic E-state index is -0.760. The summed E-state index contributed by atoms with van der Waals surface area (Å²) in [6.45, 7) is 3.09. The third kappa shape index (κ3) is 4.14. The number of methoxy groups -OCH3 is 1. The predicted molar refractivity (Wildman–Crippen MR) is 131 cm³/mol. The second-order valence-corrected chi connectivity index (χ2v) is 9.25. The van der Waals surface area contributed by atoms with E-state index in [2.05, 4.69) is 4.98 Å². The average molecular weight is 481 g/mol.